The molecular formula is C50H63N9O14P2. The second-order valence-corrected chi connectivity index (χ2v) is 21.7. The lowest BCUT2D eigenvalue weighted by Gasteiger charge is -2.32. The average molecular weight is 1080 g/mol. The third kappa shape index (κ3) is 14.1. The lowest BCUT2D eigenvalue weighted by molar-refractivity contribution is -0.150. The number of hydrogen-bond donors (Lipinski definition) is 6. The topological polar surface area (TPSA) is 290 Å². The summed E-state index contributed by atoms with van der Waals surface area (Å²) in [7, 11) is -8.61. The largest absolute Gasteiger partial charge is 0.462 e. The van der Waals surface area contributed by atoms with Crippen LogP contribution in [0, 0.1) is 13.1 Å². The number of nitrogen functional groups attached to an aromatic ring is 1. The number of urea groups is 1. The first kappa shape index (κ1) is 59.0. The number of ether oxygens (including phenoxy) is 2. The number of aliphatic hydroxyl groups is 2. The van der Waals surface area contributed by atoms with E-state index in [9.17, 15) is 38.5 Å². The first-order chi connectivity index (χ1) is 35.2. The van der Waals surface area contributed by atoms with Crippen molar-refractivity contribution in [2.75, 3.05) is 18.9 Å². The summed E-state index contributed by atoms with van der Waals surface area (Å²) in [6.07, 6.45) is -0.467. The van der Waals surface area contributed by atoms with Gasteiger partial charge in [-0.15, -0.1) is 0 Å². The third-order valence-electron chi connectivity index (χ3n) is 12.1. The molecule has 2 aromatic carbocycles. The molecule has 6 rings (SSSR count). The fourth-order valence-corrected chi connectivity index (χ4v) is 11.0. The van der Waals surface area contributed by atoms with Crippen molar-refractivity contribution >= 4 is 39.3 Å². The molecule has 7 N–H and O–H groups in total. The maximum Gasteiger partial charge on any atom is 0.459 e. The lowest BCUT2D eigenvalue weighted by Crippen LogP contribution is -2.47. The molecule has 1 aromatic heterocycles. The molecule has 3 aromatic rings. The van der Waals surface area contributed by atoms with E-state index < -0.39 is 112 Å². The normalized spacial score (nSPS) is 24.8. The zero-order valence-electron chi connectivity index (χ0n) is 42.6. The SMILES string of the molecule is [C-]#[N+][C@]1(COP(=O)(NC(C)C(=O)OC(C)C)Oc2ccccc2)C(=C)[C@@H](N2C=C(C)C(=C)NC2=O)C[C@@H]1O.[C-]#[N+][C@]1(COP(=O)(NC(C)C(=O)OC(C)C)Oc2ccccc2)C(=C)[C@@H](n2ccc(N)nc2=O)C[C@@H]1O. The van der Waals surface area contributed by atoms with E-state index in [4.69, 9.17) is 46.4 Å². The van der Waals surface area contributed by atoms with Gasteiger partial charge in [0.1, 0.15) is 54.8 Å². The Morgan fingerprint density at radius 1 is 0.787 bits per heavy atom. The number of anilines is 1. The van der Waals surface area contributed by atoms with Crippen LogP contribution in [-0.4, -0.2) is 109 Å². The number of rotatable bonds is 20. The van der Waals surface area contributed by atoms with Crippen LogP contribution >= 0.6 is 15.5 Å². The van der Waals surface area contributed by atoms with Crippen LogP contribution in [0.5, 0.6) is 11.5 Å². The van der Waals surface area contributed by atoms with Crippen molar-refractivity contribution in [1.29, 1.82) is 0 Å². The molecule has 2 heterocycles. The van der Waals surface area contributed by atoms with Gasteiger partial charge in [-0.2, -0.15) is 15.2 Å². The van der Waals surface area contributed by atoms with Gasteiger partial charge in [0.15, 0.2) is 0 Å². The van der Waals surface area contributed by atoms with E-state index in [1.54, 1.807) is 101 Å². The Hall–Kier alpha value is -6.91. The number of nitrogens with zero attached hydrogens (tertiary/aromatic N) is 5. The van der Waals surface area contributed by atoms with Crippen LogP contribution in [0.3, 0.4) is 0 Å². The number of esters is 2. The van der Waals surface area contributed by atoms with Gasteiger partial charge in [-0.25, -0.2) is 31.9 Å². The smallest absolute Gasteiger partial charge is 0.459 e. The van der Waals surface area contributed by atoms with Gasteiger partial charge in [-0.1, -0.05) is 56.1 Å². The van der Waals surface area contributed by atoms with Crippen molar-refractivity contribution in [3.63, 3.8) is 0 Å². The van der Waals surface area contributed by atoms with E-state index in [1.165, 1.54) is 35.6 Å². The molecular weight excluding hydrogens is 1010 g/mol. The van der Waals surface area contributed by atoms with Crippen LogP contribution in [-0.2, 0) is 37.2 Å². The number of allylic oxidation sites excluding steroid dienone is 1. The highest BCUT2D eigenvalue weighted by molar-refractivity contribution is 7.52. The lowest BCUT2D eigenvalue weighted by atomic mass is 9.92. The molecule has 0 saturated heterocycles. The molecule has 0 spiro atoms. The minimum atomic E-state index is -4.31. The second kappa shape index (κ2) is 24.6. The molecule has 0 bridgehead atoms. The summed E-state index contributed by atoms with van der Waals surface area (Å²) in [4.78, 5) is 62.0. The predicted octanol–water partition coefficient (Wildman–Crippen LogP) is 6.39. The molecule has 3 aliphatic rings. The molecule has 25 heteroatoms. The zero-order valence-corrected chi connectivity index (χ0v) is 44.4. The van der Waals surface area contributed by atoms with Crippen molar-refractivity contribution in [3.8, 4) is 11.5 Å². The molecule has 1 aliphatic heterocycles. The summed E-state index contributed by atoms with van der Waals surface area (Å²) in [5.74, 6) is -0.955. The summed E-state index contributed by atoms with van der Waals surface area (Å²) >= 11 is 0. The van der Waals surface area contributed by atoms with Crippen molar-refractivity contribution < 1.29 is 61.3 Å². The summed E-state index contributed by atoms with van der Waals surface area (Å²) in [5.41, 5.74) is 2.94. The quantitative estimate of drug-likeness (QED) is 0.0309. The molecule has 2 amide bonds. The van der Waals surface area contributed by atoms with Crippen molar-refractivity contribution in [1.82, 2.24) is 29.9 Å². The highest BCUT2D eigenvalue weighted by atomic mass is 31.2. The number of para-hydroxylation sites is 2. The van der Waals surface area contributed by atoms with Gasteiger partial charge in [-0.3, -0.25) is 37.8 Å². The molecule has 402 valence electrons. The van der Waals surface area contributed by atoms with E-state index in [2.05, 4.69) is 49.9 Å². The Labute approximate surface area is 435 Å². The number of aromatic nitrogens is 2. The van der Waals surface area contributed by atoms with Crippen LogP contribution in [0.15, 0.2) is 126 Å². The van der Waals surface area contributed by atoms with Crippen molar-refractivity contribution in [2.45, 2.75) is 121 Å². The minimum absolute atomic E-state index is 0.00262. The van der Waals surface area contributed by atoms with Gasteiger partial charge in [0.05, 0.1) is 24.3 Å². The molecule has 0 radical (unpaired) electrons. The highest BCUT2D eigenvalue weighted by Crippen LogP contribution is 2.52. The second-order valence-electron chi connectivity index (χ2n) is 18.4. The number of aliphatic hydroxyl groups excluding tert-OH is 2. The predicted molar refractivity (Wildman–Crippen MR) is 276 cm³/mol. The van der Waals surface area contributed by atoms with Crippen molar-refractivity contribution in [2.24, 2.45) is 0 Å². The van der Waals surface area contributed by atoms with Gasteiger partial charge in [0, 0.05) is 42.1 Å². The van der Waals surface area contributed by atoms with Crippen LogP contribution < -0.4 is 36.0 Å². The minimum Gasteiger partial charge on any atom is -0.462 e. The Bertz CT molecular complexity index is 2910. The fourth-order valence-electron chi connectivity index (χ4n) is 7.97. The molecule has 23 nitrogen and oxygen atoms in total. The van der Waals surface area contributed by atoms with Crippen LogP contribution in [0.4, 0.5) is 10.6 Å². The first-order valence-corrected chi connectivity index (χ1v) is 26.6. The summed E-state index contributed by atoms with van der Waals surface area (Å²) in [6.45, 7) is 37.7. The van der Waals surface area contributed by atoms with Crippen LogP contribution in [0.25, 0.3) is 9.69 Å². The molecule has 10 atom stereocenters. The Kier molecular flexibility index (Phi) is 19.4. The summed E-state index contributed by atoms with van der Waals surface area (Å²) in [5, 5.41) is 29.6. The number of nitrogens with two attached hydrogens (primary N) is 1. The standard InChI is InChI=1S/C26H33N4O7P.C24H30N5O7P/c1-16(2)36-24(32)20(6)29-38(34,37-21-11-9-8-10-12-21)35-15-26(27-7)18(4)22(13-23(26)31)30-14-17(3)19(5)28-25(30)33;1-15(2)35-22(31)17(4)28-37(33,36-18-9-7-6-8-10-18)34-14-24(26-5)16(3)19(13-20(24)30)29-12-11-21(25)27-23(29)32/h8-12,14,16,20,22-23,31H,4-5,13,15H2,1-3,6H3,(H,28,33)(H,29,34);6-12,15,17,19-20,30H,3,13-14H2,1-2,4H3,(H,28,33)(H2,25,27,32)/t20?,22-,23-,26+,38?;17?,19-,20-,24+,37?/m00/s1. The number of amides is 2. The molecule has 2 aliphatic carbocycles. The van der Waals surface area contributed by atoms with Gasteiger partial charge in [0.2, 0.25) is 0 Å². The first-order valence-electron chi connectivity index (χ1n) is 23.5. The van der Waals surface area contributed by atoms with Crippen molar-refractivity contribution in [3.05, 3.63) is 155 Å². The Morgan fingerprint density at radius 3 is 1.63 bits per heavy atom. The van der Waals surface area contributed by atoms with E-state index in [0.717, 1.165) is 0 Å². The maximum absolute atomic E-state index is 13.9. The zero-order chi connectivity index (χ0) is 55.6. The highest BCUT2D eigenvalue weighted by Gasteiger charge is 2.61. The third-order valence-corrected chi connectivity index (χ3v) is 15.3. The number of carbonyl (C=O) groups excluding carboxylic acids is 3. The monoisotopic (exact) mass is 1080 g/mol. The Morgan fingerprint density at radius 2 is 1.21 bits per heavy atom. The van der Waals surface area contributed by atoms with E-state index in [0.29, 0.717) is 11.3 Å². The number of hydrogen-bond acceptors (Lipinski definition) is 16. The molecule has 75 heavy (non-hydrogen) atoms. The van der Waals surface area contributed by atoms with E-state index in [-0.39, 0.29) is 41.3 Å². The average Bonchev–Trinajstić information content (AvgIpc) is 3.74. The maximum atomic E-state index is 13.9. The van der Waals surface area contributed by atoms with Crippen LogP contribution in [0.1, 0.15) is 67.3 Å². The fraction of sp³-hybridized carbons (Fsp3) is 0.420. The Balaban J connectivity index is 0.000000277. The van der Waals surface area contributed by atoms with Crippen LogP contribution in [0.2, 0.25) is 0 Å². The molecule has 4 unspecified atom stereocenters. The molecule has 2 fully saturated rings. The van der Waals surface area contributed by atoms with Gasteiger partial charge >= 0.3 is 50.2 Å². The van der Waals surface area contributed by atoms with Gasteiger partial charge in [0.25, 0.3) is 0 Å². The van der Waals surface area contributed by atoms with Gasteiger partial charge < -0.3 is 39.8 Å². The summed E-state index contributed by atoms with van der Waals surface area (Å²) in [6, 6.07) is 13.5. The number of benzene rings is 2. The number of nitrogens with one attached hydrogen (secondary N) is 3. The van der Waals surface area contributed by atoms with E-state index >= 15 is 0 Å². The molecule has 2 saturated carbocycles. The van der Waals surface area contributed by atoms with E-state index in [1.807, 2.05) is 0 Å². The number of carbonyl (C=O) groups is 3. The van der Waals surface area contributed by atoms with Gasteiger partial charge in [-0.05, 0) is 84.4 Å². The summed E-state index contributed by atoms with van der Waals surface area (Å²) < 4.78 is 61.8.